The fourth-order valence-electron chi connectivity index (χ4n) is 5.73. The summed E-state index contributed by atoms with van der Waals surface area (Å²) < 4.78 is 30.0. The molecule has 0 spiro atoms. The summed E-state index contributed by atoms with van der Waals surface area (Å²) >= 11 is 0. The molecule has 0 atom stereocenters. The number of hydrogen-bond acceptors (Lipinski definition) is 5. The Kier molecular flexibility index (Phi) is 6.28. The Hall–Kier alpha value is -4.50. The summed E-state index contributed by atoms with van der Waals surface area (Å²) in [6.07, 6.45) is 10.2. The number of pyridine rings is 2. The predicted octanol–water partition coefficient (Wildman–Crippen LogP) is 6.79. The highest BCUT2D eigenvalue weighted by Gasteiger charge is 2.21. The molecule has 9 heteroatoms. The summed E-state index contributed by atoms with van der Waals surface area (Å²) in [4.78, 5) is 16.8. The SMILES string of the molecule is Fc1cccc(-c2cccc3[nH]c(-c4n[nH]c5cnc(-c6cncc(CNCC7CCCC7)c6)c(F)c45)nc23)c1. The number of hydrogen-bond donors (Lipinski definition) is 3. The second kappa shape index (κ2) is 10.2. The van der Waals surface area contributed by atoms with E-state index in [-0.39, 0.29) is 11.5 Å². The van der Waals surface area contributed by atoms with Crippen molar-refractivity contribution >= 4 is 21.9 Å². The Morgan fingerprint density at radius 2 is 1.77 bits per heavy atom. The van der Waals surface area contributed by atoms with E-state index in [2.05, 4.69) is 30.5 Å². The summed E-state index contributed by atoms with van der Waals surface area (Å²) in [6, 6.07) is 13.9. The number of halogens is 2. The summed E-state index contributed by atoms with van der Waals surface area (Å²) in [6.45, 7) is 1.66. The van der Waals surface area contributed by atoms with E-state index in [1.807, 2.05) is 30.3 Å². The molecule has 0 aliphatic heterocycles. The van der Waals surface area contributed by atoms with Crippen molar-refractivity contribution in [3.63, 3.8) is 0 Å². The lowest BCUT2D eigenvalue weighted by atomic mass is 10.0. The summed E-state index contributed by atoms with van der Waals surface area (Å²) in [5.41, 5.74) is 5.46. The van der Waals surface area contributed by atoms with Gasteiger partial charge in [0.25, 0.3) is 0 Å². The maximum atomic E-state index is 16.1. The van der Waals surface area contributed by atoms with Crippen molar-refractivity contribution in [3.05, 3.63) is 84.3 Å². The van der Waals surface area contributed by atoms with Gasteiger partial charge in [0.2, 0.25) is 0 Å². The fraction of sp³-hybridized carbons (Fsp3) is 0.226. The first kappa shape index (κ1) is 24.5. The summed E-state index contributed by atoms with van der Waals surface area (Å²) in [7, 11) is 0. The quantitative estimate of drug-likeness (QED) is 0.209. The largest absolute Gasteiger partial charge is 0.337 e. The number of rotatable bonds is 7. The van der Waals surface area contributed by atoms with Crippen LogP contribution in [0.3, 0.4) is 0 Å². The number of para-hydroxylation sites is 1. The first-order valence-corrected chi connectivity index (χ1v) is 13.6. The highest BCUT2D eigenvalue weighted by Crippen LogP contribution is 2.34. The fourth-order valence-corrected chi connectivity index (χ4v) is 5.73. The molecule has 6 aromatic rings. The van der Waals surface area contributed by atoms with E-state index in [0.29, 0.717) is 45.6 Å². The van der Waals surface area contributed by atoms with Crippen LogP contribution in [0.4, 0.5) is 8.78 Å². The van der Waals surface area contributed by atoms with Crippen LogP contribution in [0.5, 0.6) is 0 Å². The first-order valence-electron chi connectivity index (χ1n) is 13.6. The number of nitrogens with zero attached hydrogens (tertiary/aromatic N) is 4. The lowest BCUT2D eigenvalue weighted by Crippen LogP contribution is -2.20. The second-order valence-corrected chi connectivity index (χ2v) is 10.4. The van der Waals surface area contributed by atoms with Gasteiger partial charge in [-0.05, 0) is 60.7 Å². The molecule has 1 saturated carbocycles. The van der Waals surface area contributed by atoms with Gasteiger partial charge >= 0.3 is 0 Å². The van der Waals surface area contributed by atoms with Crippen LogP contribution in [-0.4, -0.2) is 36.7 Å². The van der Waals surface area contributed by atoms with E-state index in [1.54, 1.807) is 24.7 Å². The standard InChI is InChI=1S/C31H27F2N7/c32-22-8-3-7-20(12-22)23-9-4-10-24-29(23)38-31(37-24)30-26-25(39-40-30)17-36-28(27(26)33)21-11-19(15-35-16-21)14-34-13-18-5-1-2-6-18/h3-4,7-12,15-18,34H,1-2,5-6,13-14H2,(H,37,38)(H,39,40). The van der Waals surface area contributed by atoms with Gasteiger partial charge in [-0.25, -0.2) is 13.8 Å². The van der Waals surface area contributed by atoms with Crippen LogP contribution in [0.15, 0.2) is 67.1 Å². The number of nitrogens with one attached hydrogen (secondary N) is 3. The normalized spacial score (nSPS) is 14.1. The van der Waals surface area contributed by atoms with Crippen LogP contribution in [0.25, 0.3) is 55.8 Å². The van der Waals surface area contributed by atoms with E-state index >= 15 is 4.39 Å². The zero-order valence-electron chi connectivity index (χ0n) is 21.7. The minimum atomic E-state index is -0.495. The molecule has 40 heavy (non-hydrogen) atoms. The van der Waals surface area contributed by atoms with Crippen LogP contribution in [-0.2, 0) is 6.54 Å². The maximum Gasteiger partial charge on any atom is 0.161 e. The molecular formula is C31H27F2N7. The van der Waals surface area contributed by atoms with Crippen molar-refractivity contribution in [2.24, 2.45) is 5.92 Å². The number of benzene rings is 2. The lowest BCUT2D eigenvalue weighted by molar-refractivity contribution is 0.489. The zero-order valence-corrected chi connectivity index (χ0v) is 21.7. The van der Waals surface area contributed by atoms with Gasteiger partial charge in [0.15, 0.2) is 11.6 Å². The van der Waals surface area contributed by atoms with Gasteiger partial charge in [-0.1, -0.05) is 37.1 Å². The van der Waals surface area contributed by atoms with Crippen LogP contribution in [0.2, 0.25) is 0 Å². The number of aromatic nitrogens is 6. The van der Waals surface area contributed by atoms with Gasteiger partial charge < -0.3 is 10.3 Å². The number of imidazole rings is 1. The van der Waals surface area contributed by atoms with Crippen LogP contribution in [0, 0.1) is 17.6 Å². The van der Waals surface area contributed by atoms with Gasteiger partial charge in [0.1, 0.15) is 17.2 Å². The Bertz CT molecular complexity index is 1840. The van der Waals surface area contributed by atoms with Gasteiger partial charge in [-0.15, -0.1) is 0 Å². The van der Waals surface area contributed by atoms with E-state index in [0.717, 1.165) is 29.1 Å². The average Bonchev–Trinajstić information content (AvgIpc) is 3.73. The first-order chi connectivity index (χ1) is 19.6. The molecule has 0 bridgehead atoms. The number of H-pyrrole nitrogens is 2. The molecular weight excluding hydrogens is 508 g/mol. The molecule has 4 aromatic heterocycles. The Morgan fingerprint density at radius 1 is 0.900 bits per heavy atom. The van der Waals surface area contributed by atoms with Crippen LogP contribution in [0.1, 0.15) is 31.2 Å². The number of fused-ring (bicyclic) bond motifs is 2. The van der Waals surface area contributed by atoms with E-state index in [1.165, 1.54) is 37.8 Å². The van der Waals surface area contributed by atoms with Crippen molar-refractivity contribution in [2.45, 2.75) is 32.2 Å². The van der Waals surface area contributed by atoms with Gasteiger partial charge in [0.05, 0.1) is 28.1 Å². The highest BCUT2D eigenvalue weighted by atomic mass is 19.1. The van der Waals surface area contributed by atoms with Crippen molar-refractivity contribution in [3.8, 4) is 33.9 Å². The van der Waals surface area contributed by atoms with Crippen molar-refractivity contribution in [1.29, 1.82) is 0 Å². The molecule has 4 heterocycles. The zero-order chi connectivity index (χ0) is 27.1. The lowest BCUT2D eigenvalue weighted by Gasteiger charge is -2.11. The second-order valence-electron chi connectivity index (χ2n) is 10.4. The van der Waals surface area contributed by atoms with Crippen LogP contribution >= 0.6 is 0 Å². The topological polar surface area (TPSA) is 95.2 Å². The molecule has 1 fully saturated rings. The van der Waals surface area contributed by atoms with E-state index in [9.17, 15) is 4.39 Å². The Balaban J connectivity index is 1.24. The molecule has 0 saturated heterocycles. The molecule has 3 N–H and O–H groups in total. The van der Waals surface area contributed by atoms with Gasteiger partial charge in [-0.3, -0.25) is 15.1 Å². The Labute approximate surface area is 229 Å². The molecule has 200 valence electrons. The molecule has 0 amide bonds. The average molecular weight is 536 g/mol. The minimum absolute atomic E-state index is 0.205. The van der Waals surface area contributed by atoms with E-state index < -0.39 is 5.82 Å². The third-order valence-electron chi connectivity index (χ3n) is 7.72. The van der Waals surface area contributed by atoms with E-state index in [4.69, 9.17) is 4.98 Å². The van der Waals surface area contributed by atoms with Crippen molar-refractivity contribution in [1.82, 2.24) is 35.5 Å². The number of aromatic amines is 2. The summed E-state index contributed by atoms with van der Waals surface area (Å²) in [5, 5.41) is 11.1. The van der Waals surface area contributed by atoms with Gasteiger partial charge in [0, 0.05) is 30.1 Å². The molecule has 1 aliphatic carbocycles. The smallest absolute Gasteiger partial charge is 0.161 e. The molecule has 0 unspecified atom stereocenters. The van der Waals surface area contributed by atoms with Crippen molar-refractivity contribution < 1.29 is 8.78 Å². The third kappa shape index (κ3) is 4.52. The van der Waals surface area contributed by atoms with Crippen LogP contribution < -0.4 is 5.32 Å². The molecule has 7 rings (SSSR count). The predicted molar refractivity (Wildman–Crippen MR) is 151 cm³/mol. The maximum absolute atomic E-state index is 16.1. The third-order valence-corrected chi connectivity index (χ3v) is 7.72. The monoisotopic (exact) mass is 535 g/mol. The molecule has 2 aromatic carbocycles. The van der Waals surface area contributed by atoms with Gasteiger partial charge in [-0.2, -0.15) is 5.10 Å². The van der Waals surface area contributed by atoms with Crippen molar-refractivity contribution in [2.75, 3.05) is 6.54 Å². The highest BCUT2D eigenvalue weighted by molar-refractivity contribution is 5.98. The minimum Gasteiger partial charge on any atom is -0.337 e. The molecule has 7 nitrogen and oxygen atoms in total. The molecule has 0 radical (unpaired) electrons. The Morgan fingerprint density at radius 3 is 2.65 bits per heavy atom. The summed E-state index contributed by atoms with van der Waals surface area (Å²) in [5.74, 6) is 0.322. The molecule has 1 aliphatic rings.